The quantitative estimate of drug-likeness (QED) is 0.724. The van der Waals surface area contributed by atoms with E-state index in [0.29, 0.717) is 5.82 Å². The molecule has 4 heteroatoms. The van der Waals surface area contributed by atoms with Crippen LogP contribution in [0.5, 0.6) is 0 Å². The molecule has 0 bridgehead atoms. The third-order valence-corrected chi connectivity index (χ3v) is 2.43. The van der Waals surface area contributed by atoms with E-state index in [0.717, 1.165) is 17.1 Å². The Morgan fingerprint density at radius 1 is 0.824 bits per heavy atom. The molecule has 0 aliphatic carbocycles. The lowest BCUT2D eigenvalue weighted by molar-refractivity contribution is 1.15. The van der Waals surface area contributed by atoms with Gasteiger partial charge in [0.25, 0.3) is 0 Å². The summed E-state index contributed by atoms with van der Waals surface area (Å²) in [5, 5.41) is 0. The van der Waals surface area contributed by atoms with Gasteiger partial charge < -0.3 is 4.98 Å². The minimum atomic E-state index is 0.655. The lowest BCUT2D eigenvalue weighted by Gasteiger charge is -1.95. The highest BCUT2D eigenvalue weighted by Crippen LogP contribution is 2.18. The molecular weight excluding hydrogens is 212 g/mol. The number of benzene rings is 1. The molecule has 3 rings (SSSR count). The molecule has 0 unspecified atom stereocenters. The Kier molecular flexibility index (Phi) is 2.38. The number of rotatable bonds is 2. The molecule has 0 fully saturated rings. The number of hydrogen-bond acceptors (Lipinski definition) is 3. The van der Waals surface area contributed by atoms with Crippen LogP contribution in [0.2, 0.25) is 0 Å². The van der Waals surface area contributed by atoms with Crippen LogP contribution in [0.3, 0.4) is 0 Å². The van der Waals surface area contributed by atoms with E-state index in [2.05, 4.69) is 19.9 Å². The maximum absolute atomic E-state index is 4.33. The van der Waals surface area contributed by atoms with Gasteiger partial charge in [-0.25, -0.2) is 15.0 Å². The summed E-state index contributed by atoms with van der Waals surface area (Å²) < 4.78 is 0. The molecule has 0 amide bonds. The van der Waals surface area contributed by atoms with Crippen LogP contribution in [0, 0.1) is 0 Å². The van der Waals surface area contributed by atoms with Crippen molar-refractivity contribution in [1.29, 1.82) is 0 Å². The Bertz CT molecular complexity index is 548. The van der Waals surface area contributed by atoms with Gasteiger partial charge in [0.1, 0.15) is 11.5 Å². The van der Waals surface area contributed by atoms with Gasteiger partial charge in [-0.1, -0.05) is 30.3 Å². The fourth-order valence-corrected chi connectivity index (χ4v) is 1.62. The molecule has 3 aromatic rings. The topological polar surface area (TPSA) is 54.5 Å². The number of imidazole rings is 1. The maximum atomic E-state index is 4.33. The van der Waals surface area contributed by atoms with E-state index in [9.17, 15) is 0 Å². The summed E-state index contributed by atoms with van der Waals surface area (Å²) in [5.74, 6) is 1.48. The van der Waals surface area contributed by atoms with Crippen molar-refractivity contribution in [3.8, 4) is 22.9 Å². The molecule has 0 saturated carbocycles. The molecular formula is C13H10N4. The van der Waals surface area contributed by atoms with Gasteiger partial charge in [0.05, 0.1) is 6.20 Å². The van der Waals surface area contributed by atoms with E-state index in [1.165, 1.54) is 0 Å². The number of hydrogen-bond donors (Lipinski definition) is 1. The second-order valence-corrected chi connectivity index (χ2v) is 3.58. The summed E-state index contributed by atoms with van der Waals surface area (Å²) in [6, 6.07) is 11.8. The Labute approximate surface area is 98.4 Å². The molecule has 0 saturated heterocycles. The first-order chi connectivity index (χ1) is 8.43. The lowest BCUT2D eigenvalue weighted by atomic mass is 10.2. The molecule has 2 heterocycles. The van der Waals surface area contributed by atoms with Crippen LogP contribution in [0.15, 0.2) is 55.0 Å². The van der Waals surface area contributed by atoms with Gasteiger partial charge in [0.15, 0.2) is 5.82 Å². The van der Waals surface area contributed by atoms with Gasteiger partial charge in [-0.05, 0) is 6.07 Å². The Morgan fingerprint density at radius 3 is 2.35 bits per heavy atom. The number of aromatic amines is 1. The summed E-state index contributed by atoms with van der Waals surface area (Å²) in [5.41, 5.74) is 1.87. The Balaban J connectivity index is 1.99. The molecule has 17 heavy (non-hydrogen) atoms. The van der Waals surface area contributed by atoms with Crippen LogP contribution in [0.25, 0.3) is 22.9 Å². The molecule has 0 aliphatic heterocycles. The number of H-pyrrole nitrogens is 1. The third-order valence-electron chi connectivity index (χ3n) is 2.43. The predicted molar refractivity (Wildman–Crippen MR) is 65.0 cm³/mol. The Hall–Kier alpha value is -2.49. The zero-order chi connectivity index (χ0) is 11.5. The van der Waals surface area contributed by atoms with E-state index in [-0.39, 0.29) is 0 Å². The first-order valence-electron chi connectivity index (χ1n) is 5.31. The van der Waals surface area contributed by atoms with Gasteiger partial charge in [-0.3, -0.25) is 0 Å². The highest BCUT2D eigenvalue weighted by Gasteiger charge is 2.06. The molecule has 0 atom stereocenters. The van der Waals surface area contributed by atoms with E-state index >= 15 is 0 Å². The van der Waals surface area contributed by atoms with Crippen molar-refractivity contribution in [2.24, 2.45) is 0 Å². The maximum Gasteiger partial charge on any atom is 0.177 e. The van der Waals surface area contributed by atoms with Crippen LogP contribution in [0.4, 0.5) is 0 Å². The van der Waals surface area contributed by atoms with Gasteiger partial charge >= 0.3 is 0 Å². The first-order valence-corrected chi connectivity index (χ1v) is 5.31. The minimum Gasteiger partial charge on any atom is -0.335 e. The van der Waals surface area contributed by atoms with Crippen molar-refractivity contribution < 1.29 is 0 Å². The lowest BCUT2D eigenvalue weighted by Crippen LogP contribution is -1.86. The summed E-state index contributed by atoms with van der Waals surface area (Å²) in [6.07, 6.45) is 5.17. The van der Waals surface area contributed by atoms with Crippen molar-refractivity contribution >= 4 is 0 Å². The molecule has 2 aromatic heterocycles. The van der Waals surface area contributed by atoms with Gasteiger partial charge in [-0.15, -0.1) is 0 Å². The highest BCUT2D eigenvalue weighted by molar-refractivity contribution is 5.59. The van der Waals surface area contributed by atoms with Crippen molar-refractivity contribution in [3.05, 3.63) is 55.0 Å². The fraction of sp³-hybridized carbons (Fsp3) is 0. The smallest absolute Gasteiger partial charge is 0.177 e. The van der Waals surface area contributed by atoms with Crippen molar-refractivity contribution in [3.63, 3.8) is 0 Å². The molecule has 0 radical (unpaired) electrons. The second kappa shape index (κ2) is 4.17. The van der Waals surface area contributed by atoms with E-state index < -0.39 is 0 Å². The zero-order valence-electron chi connectivity index (χ0n) is 9.04. The van der Waals surface area contributed by atoms with Crippen molar-refractivity contribution in [2.45, 2.75) is 0 Å². The average molecular weight is 222 g/mol. The first kappa shape index (κ1) is 9.72. The van der Waals surface area contributed by atoms with E-state index in [1.807, 2.05) is 30.3 Å². The fourth-order valence-electron chi connectivity index (χ4n) is 1.62. The standard InChI is InChI=1S/C13H10N4/c1-2-5-10(6-3-1)12-16-9-11(17-12)13-14-7-4-8-15-13/h1-9H,(H,16,17). The number of nitrogens with one attached hydrogen (secondary N) is 1. The summed E-state index contributed by atoms with van der Waals surface area (Å²) in [7, 11) is 0. The van der Waals surface area contributed by atoms with Crippen molar-refractivity contribution in [1.82, 2.24) is 19.9 Å². The summed E-state index contributed by atoms with van der Waals surface area (Å²) >= 11 is 0. The molecule has 1 N–H and O–H groups in total. The largest absolute Gasteiger partial charge is 0.335 e. The predicted octanol–water partition coefficient (Wildman–Crippen LogP) is 2.53. The third kappa shape index (κ3) is 1.92. The molecule has 0 aliphatic rings. The van der Waals surface area contributed by atoms with Gasteiger partial charge in [0.2, 0.25) is 0 Å². The van der Waals surface area contributed by atoms with Crippen LogP contribution in [0.1, 0.15) is 0 Å². The minimum absolute atomic E-state index is 0.655. The summed E-state index contributed by atoms with van der Waals surface area (Å²) in [6.45, 7) is 0. The van der Waals surface area contributed by atoms with E-state index in [1.54, 1.807) is 24.7 Å². The number of aromatic nitrogens is 4. The van der Waals surface area contributed by atoms with E-state index in [4.69, 9.17) is 0 Å². The average Bonchev–Trinajstić information content (AvgIpc) is 2.90. The van der Waals surface area contributed by atoms with Gasteiger partial charge in [-0.2, -0.15) is 0 Å². The zero-order valence-corrected chi connectivity index (χ0v) is 9.04. The molecule has 82 valence electrons. The normalized spacial score (nSPS) is 10.4. The van der Waals surface area contributed by atoms with Crippen LogP contribution in [-0.2, 0) is 0 Å². The Morgan fingerprint density at radius 2 is 1.59 bits per heavy atom. The summed E-state index contributed by atoms with van der Waals surface area (Å²) in [4.78, 5) is 15.9. The van der Waals surface area contributed by atoms with Crippen LogP contribution < -0.4 is 0 Å². The molecule has 4 nitrogen and oxygen atoms in total. The monoisotopic (exact) mass is 222 g/mol. The molecule has 1 aromatic carbocycles. The van der Waals surface area contributed by atoms with Crippen LogP contribution in [-0.4, -0.2) is 19.9 Å². The van der Waals surface area contributed by atoms with Crippen molar-refractivity contribution in [2.75, 3.05) is 0 Å². The SMILES string of the molecule is c1ccc(-c2ncc(-c3ncccn3)[nH]2)cc1. The highest BCUT2D eigenvalue weighted by atomic mass is 15.0. The van der Waals surface area contributed by atoms with Crippen LogP contribution >= 0.6 is 0 Å². The molecule has 0 spiro atoms. The number of nitrogens with zero attached hydrogens (tertiary/aromatic N) is 3. The van der Waals surface area contributed by atoms with Gasteiger partial charge in [0, 0.05) is 18.0 Å². The second-order valence-electron chi connectivity index (χ2n) is 3.58.